The molecule has 1 rings (SSSR count). The number of allylic oxidation sites excluding steroid dienone is 3. The van der Waals surface area contributed by atoms with Gasteiger partial charge in [0.1, 0.15) is 0 Å². The molecule has 0 saturated carbocycles. The summed E-state index contributed by atoms with van der Waals surface area (Å²) >= 11 is 0. The quantitative estimate of drug-likeness (QED) is 0.468. The van der Waals surface area contributed by atoms with Crippen molar-refractivity contribution in [1.29, 1.82) is 0 Å². The number of rotatable bonds is 5. The molecule has 0 aromatic heterocycles. The third-order valence-corrected chi connectivity index (χ3v) is 4.10. The molecule has 0 radical (unpaired) electrons. The Labute approximate surface area is 159 Å². The van der Waals surface area contributed by atoms with Crippen LogP contribution in [0.2, 0.25) is 0 Å². The molecule has 0 amide bonds. The Bertz CT molecular complexity index is 472. The predicted octanol–water partition coefficient (Wildman–Crippen LogP) is 8.82. The second-order valence-corrected chi connectivity index (χ2v) is 7.21. The van der Waals surface area contributed by atoms with E-state index in [1.54, 1.807) is 0 Å². The molecule has 0 aliphatic rings. The first kappa shape index (κ1) is 28.3. The highest BCUT2D eigenvalue weighted by Gasteiger charge is 2.00. The molecule has 0 bridgehead atoms. The minimum atomic E-state index is 0. The van der Waals surface area contributed by atoms with E-state index in [0.29, 0.717) is 17.8 Å². The van der Waals surface area contributed by atoms with Gasteiger partial charge in [-0.05, 0) is 42.2 Å². The van der Waals surface area contributed by atoms with Gasteiger partial charge in [-0.3, -0.25) is 0 Å². The van der Waals surface area contributed by atoms with Gasteiger partial charge in [-0.25, -0.2) is 0 Å². The van der Waals surface area contributed by atoms with Crippen molar-refractivity contribution in [3.8, 4) is 0 Å². The lowest BCUT2D eigenvalue weighted by Crippen LogP contribution is -1.90. The average molecular weight is 345 g/mol. The van der Waals surface area contributed by atoms with Crippen LogP contribution in [0.1, 0.15) is 74.8 Å². The smallest absolute Gasteiger partial charge is 0.0219 e. The molecule has 0 N–H and O–H groups in total. The van der Waals surface area contributed by atoms with Crippen LogP contribution in [0, 0.1) is 17.8 Å². The largest absolute Gasteiger partial charge is 0.0999 e. The normalized spacial score (nSPS) is 9.40. The number of hydrogen-bond acceptors (Lipinski definition) is 0. The highest BCUT2D eigenvalue weighted by molar-refractivity contribution is 5.64. The van der Waals surface area contributed by atoms with Crippen LogP contribution in [-0.2, 0) is 0 Å². The summed E-state index contributed by atoms with van der Waals surface area (Å²) < 4.78 is 0. The summed E-state index contributed by atoms with van der Waals surface area (Å²) in [5.74, 6) is 1.87. The van der Waals surface area contributed by atoms with Gasteiger partial charge in [0.05, 0.1) is 0 Å². The summed E-state index contributed by atoms with van der Waals surface area (Å²) in [6.07, 6.45) is 1.12. The van der Waals surface area contributed by atoms with Crippen molar-refractivity contribution in [1.82, 2.24) is 0 Å². The molecule has 0 unspecified atom stereocenters. The first-order chi connectivity index (χ1) is 11.0. The standard InChI is InChI=1S/C11H14.C7H14.C6H12.CH4/c1-9(2)10(3)11-7-5-4-6-8-11;1-5-7(4)6(2)3;1-5(2)6(3)4;/h4-9H,3H2,1-2H3;6H,4-5H2,1-3H3;6H,1H2,2-4H3;1H4. The van der Waals surface area contributed by atoms with Gasteiger partial charge in [0.25, 0.3) is 0 Å². The molecule has 0 heterocycles. The van der Waals surface area contributed by atoms with Crippen LogP contribution < -0.4 is 0 Å². The molecule has 0 saturated heterocycles. The van der Waals surface area contributed by atoms with E-state index < -0.39 is 0 Å². The van der Waals surface area contributed by atoms with Gasteiger partial charge < -0.3 is 0 Å². The SMILES string of the molecule is C.C=C(C)C(C)C.C=C(CC)C(C)C.C=C(c1ccccc1)C(C)C. The van der Waals surface area contributed by atoms with E-state index in [0.717, 1.165) is 6.42 Å². The lowest BCUT2D eigenvalue weighted by Gasteiger charge is -2.08. The van der Waals surface area contributed by atoms with Crippen LogP contribution in [0.4, 0.5) is 0 Å². The minimum absolute atomic E-state index is 0. The lowest BCUT2D eigenvalue weighted by molar-refractivity contribution is 0.736. The fourth-order valence-electron chi connectivity index (χ4n) is 1.39. The molecule has 0 aliphatic heterocycles. The summed E-state index contributed by atoms with van der Waals surface area (Å²) in [6, 6.07) is 10.3. The molecule has 0 spiro atoms. The second kappa shape index (κ2) is 15.9. The Kier molecular flexibility index (Phi) is 18.0. The van der Waals surface area contributed by atoms with E-state index >= 15 is 0 Å². The lowest BCUT2D eigenvalue weighted by atomic mass is 9.97. The molecule has 0 heteroatoms. The fraction of sp³-hybridized carbons (Fsp3) is 0.520. The summed E-state index contributed by atoms with van der Waals surface area (Å²) in [6.45, 7) is 28.8. The first-order valence-electron chi connectivity index (χ1n) is 9.11. The molecule has 144 valence electrons. The van der Waals surface area contributed by atoms with Crippen molar-refractivity contribution >= 4 is 5.57 Å². The molecule has 1 aromatic carbocycles. The van der Waals surface area contributed by atoms with Crippen molar-refractivity contribution in [2.75, 3.05) is 0 Å². The van der Waals surface area contributed by atoms with Gasteiger partial charge in [-0.15, -0.1) is 0 Å². The van der Waals surface area contributed by atoms with Crippen molar-refractivity contribution in [3.63, 3.8) is 0 Å². The Hall–Kier alpha value is -1.56. The van der Waals surface area contributed by atoms with E-state index in [4.69, 9.17) is 0 Å². The highest BCUT2D eigenvalue weighted by atomic mass is 14.1. The first-order valence-corrected chi connectivity index (χ1v) is 9.11. The Morgan fingerprint density at radius 3 is 1.40 bits per heavy atom. The topological polar surface area (TPSA) is 0 Å². The third kappa shape index (κ3) is 15.7. The zero-order chi connectivity index (χ0) is 19.3. The Balaban J connectivity index is -0.000000304. The van der Waals surface area contributed by atoms with E-state index in [1.807, 2.05) is 25.1 Å². The molecule has 0 nitrogen and oxygen atoms in total. The van der Waals surface area contributed by atoms with E-state index in [9.17, 15) is 0 Å². The van der Waals surface area contributed by atoms with Crippen molar-refractivity contribution in [3.05, 3.63) is 66.8 Å². The second-order valence-electron chi connectivity index (χ2n) is 7.21. The van der Waals surface area contributed by atoms with Crippen LogP contribution in [0.15, 0.2) is 61.2 Å². The summed E-state index contributed by atoms with van der Waals surface area (Å²) in [7, 11) is 0. The maximum absolute atomic E-state index is 4.02. The molecule has 0 aliphatic carbocycles. The highest BCUT2D eigenvalue weighted by Crippen LogP contribution is 2.19. The van der Waals surface area contributed by atoms with E-state index in [-0.39, 0.29) is 7.43 Å². The number of hydrogen-bond donors (Lipinski definition) is 0. The van der Waals surface area contributed by atoms with Gasteiger partial charge in [-0.2, -0.15) is 0 Å². The van der Waals surface area contributed by atoms with Crippen molar-refractivity contribution in [2.24, 2.45) is 17.8 Å². The number of benzene rings is 1. The zero-order valence-electron chi connectivity index (χ0n) is 17.4. The van der Waals surface area contributed by atoms with E-state index in [2.05, 4.69) is 80.3 Å². The monoisotopic (exact) mass is 344 g/mol. The van der Waals surface area contributed by atoms with Crippen LogP contribution >= 0.6 is 0 Å². The predicted molar refractivity (Wildman–Crippen MR) is 121 cm³/mol. The van der Waals surface area contributed by atoms with Crippen LogP contribution in [-0.4, -0.2) is 0 Å². The van der Waals surface area contributed by atoms with Gasteiger partial charge in [0, 0.05) is 0 Å². The minimum Gasteiger partial charge on any atom is -0.0999 e. The Morgan fingerprint density at radius 2 is 1.20 bits per heavy atom. The van der Waals surface area contributed by atoms with Crippen LogP contribution in [0.25, 0.3) is 5.57 Å². The van der Waals surface area contributed by atoms with Crippen molar-refractivity contribution in [2.45, 2.75) is 69.2 Å². The third-order valence-electron chi connectivity index (χ3n) is 4.10. The summed E-state index contributed by atoms with van der Waals surface area (Å²) in [5.41, 5.74) is 5.07. The van der Waals surface area contributed by atoms with Gasteiger partial charge in [0.15, 0.2) is 0 Å². The molecule has 1 aromatic rings. The molecule has 0 fully saturated rings. The van der Waals surface area contributed by atoms with Crippen LogP contribution in [0.5, 0.6) is 0 Å². The molecular weight excluding hydrogens is 300 g/mol. The van der Waals surface area contributed by atoms with Gasteiger partial charge in [0.2, 0.25) is 0 Å². The van der Waals surface area contributed by atoms with Crippen LogP contribution in [0.3, 0.4) is 0 Å². The molecular formula is C25H44. The summed E-state index contributed by atoms with van der Waals surface area (Å²) in [4.78, 5) is 0. The van der Waals surface area contributed by atoms with Gasteiger partial charge in [-0.1, -0.05) is 117 Å². The van der Waals surface area contributed by atoms with Crippen molar-refractivity contribution < 1.29 is 0 Å². The molecule has 25 heavy (non-hydrogen) atoms. The molecule has 0 atom stereocenters. The average Bonchev–Trinajstić information content (AvgIpc) is 2.54. The maximum atomic E-state index is 4.02. The van der Waals surface area contributed by atoms with Gasteiger partial charge >= 0.3 is 0 Å². The zero-order valence-corrected chi connectivity index (χ0v) is 17.4. The summed E-state index contributed by atoms with van der Waals surface area (Å²) in [5, 5.41) is 0. The fourth-order valence-corrected chi connectivity index (χ4v) is 1.39. The Morgan fingerprint density at radius 1 is 0.800 bits per heavy atom. The maximum Gasteiger partial charge on any atom is -0.0219 e. The van der Waals surface area contributed by atoms with E-state index in [1.165, 1.54) is 22.3 Å².